The maximum atomic E-state index is 12.3. The molecule has 2 saturated carbocycles. The first-order valence-corrected chi connectivity index (χ1v) is 16.5. The average molecular weight is 798 g/mol. The molecule has 39 heavy (non-hydrogen) atoms. The van der Waals surface area contributed by atoms with Crippen LogP contribution in [0.4, 0.5) is 0 Å². The Morgan fingerprint density at radius 1 is 0.667 bits per heavy atom. The van der Waals surface area contributed by atoms with Gasteiger partial charge in [-0.25, -0.2) is 4.79 Å². The highest BCUT2D eigenvalue weighted by atomic mass is 35.5. The van der Waals surface area contributed by atoms with E-state index in [1.54, 1.807) is 0 Å². The van der Waals surface area contributed by atoms with Gasteiger partial charge in [0.15, 0.2) is 8.67 Å². The van der Waals surface area contributed by atoms with Gasteiger partial charge >= 0.3 is 5.97 Å². The molecule has 5 aliphatic rings. The minimum Gasteiger partial charge on any atom is -0.478 e. The van der Waals surface area contributed by atoms with Crippen LogP contribution in [-0.4, -0.2) is 52.2 Å². The maximum absolute atomic E-state index is 12.3. The molecule has 5 aliphatic carbocycles. The van der Waals surface area contributed by atoms with Gasteiger partial charge in [0.05, 0.1) is 25.7 Å². The fourth-order valence-electron chi connectivity index (χ4n) is 7.31. The Kier molecular flexibility index (Phi) is 6.45. The third kappa shape index (κ3) is 2.87. The Hall–Kier alpha value is 1.56. The van der Waals surface area contributed by atoms with E-state index in [4.69, 9.17) is 139 Å². The standard InChI is InChI=1S/C21H8Cl12O5S/c22-11-13(24)18(28)9-7(16(11,26)20(18,30)31)3-1-5(15(34)35)6(39(36,37)38)2-4(3)8-10(9)19(29)14(25)12(23)17(8,27)21(19,32)33/h1-2,7-10H,(H,34,35)(H,36,37,38)/t7-,8-,9-,10-,16-,17-,18-,19-/m1/s1. The summed E-state index contributed by atoms with van der Waals surface area (Å²) in [6.07, 6.45) is 0. The summed E-state index contributed by atoms with van der Waals surface area (Å²) >= 11 is 82.7. The summed E-state index contributed by atoms with van der Waals surface area (Å²) in [4.78, 5) is 3.26. The van der Waals surface area contributed by atoms with Gasteiger partial charge in [-0.1, -0.05) is 92.8 Å². The summed E-state index contributed by atoms with van der Waals surface area (Å²) in [5, 5.41) is 9.02. The van der Waals surface area contributed by atoms with Gasteiger partial charge < -0.3 is 5.11 Å². The van der Waals surface area contributed by atoms with Crippen molar-refractivity contribution in [1.29, 1.82) is 0 Å². The summed E-state index contributed by atoms with van der Waals surface area (Å²) in [7, 11) is -5.11. The van der Waals surface area contributed by atoms with Gasteiger partial charge in [-0.05, 0) is 23.3 Å². The lowest BCUT2D eigenvalue weighted by Gasteiger charge is -2.52. The van der Waals surface area contributed by atoms with Gasteiger partial charge in [0, 0.05) is 23.7 Å². The van der Waals surface area contributed by atoms with Crippen molar-refractivity contribution in [3.8, 4) is 0 Å². The molecule has 0 amide bonds. The molecule has 1 aromatic carbocycles. The Balaban J connectivity index is 1.84. The normalized spacial score (nSPS) is 44.5. The van der Waals surface area contributed by atoms with E-state index in [1.807, 2.05) is 0 Å². The monoisotopic (exact) mass is 792 g/mol. The van der Waals surface area contributed by atoms with Crippen LogP contribution in [0.2, 0.25) is 0 Å². The van der Waals surface area contributed by atoms with E-state index in [2.05, 4.69) is 0 Å². The molecule has 0 radical (unpaired) electrons. The molecule has 6 rings (SSSR count). The quantitative estimate of drug-likeness (QED) is 0.231. The largest absolute Gasteiger partial charge is 0.478 e. The van der Waals surface area contributed by atoms with E-state index in [0.717, 1.165) is 12.1 Å². The number of hydrogen-bond acceptors (Lipinski definition) is 3. The molecule has 2 N–H and O–H groups in total. The number of benzene rings is 1. The van der Waals surface area contributed by atoms with Gasteiger partial charge in [0.25, 0.3) is 10.1 Å². The molecule has 5 nitrogen and oxygen atoms in total. The van der Waals surface area contributed by atoms with Gasteiger partial charge in [-0.2, -0.15) is 8.42 Å². The molecule has 2 fully saturated rings. The third-order valence-corrected chi connectivity index (χ3v) is 18.2. The number of halogens is 12. The molecule has 0 aliphatic heterocycles. The van der Waals surface area contributed by atoms with Crippen LogP contribution in [0.3, 0.4) is 0 Å². The van der Waals surface area contributed by atoms with Crippen LogP contribution < -0.4 is 0 Å². The number of aromatic carboxylic acids is 1. The van der Waals surface area contributed by atoms with Crippen molar-refractivity contribution in [2.75, 3.05) is 0 Å². The van der Waals surface area contributed by atoms with Crippen molar-refractivity contribution < 1.29 is 22.9 Å². The zero-order valence-corrected chi connectivity index (χ0v) is 27.9. The second kappa shape index (κ2) is 8.23. The molecule has 4 bridgehead atoms. The minimum atomic E-state index is -5.11. The fraction of sp³-hybridized carbons (Fsp3) is 0.476. The number of rotatable bonds is 2. The lowest BCUT2D eigenvalue weighted by Crippen LogP contribution is -2.53. The summed E-state index contributed by atoms with van der Waals surface area (Å²) < 4.78 is 30.3. The predicted molar refractivity (Wildman–Crippen MR) is 156 cm³/mol. The number of carbonyl (C=O) groups is 1. The number of fused-ring (bicyclic) bond motifs is 14. The Morgan fingerprint density at radius 2 is 1.00 bits per heavy atom. The van der Waals surface area contributed by atoms with Crippen LogP contribution in [0.15, 0.2) is 37.2 Å². The first-order valence-electron chi connectivity index (χ1n) is 10.6. The van der Waals surface area contributed by atoms with Crippen molar-refractivity contribution in [1.82, 2.24) is 0 Å². The third-order valence-electron chi connectivity index (χ3n) is 8.74. The highest BCUT2D eigenvalue weighted by Gasteiger charge is 2.91. The van der Waals surface area contributed by atoms with E-state index >= 15 is 0 Å². The molecule has 8 atom stereocenters. The second-order valence-corrected chi connectivity index (χ2v) is 18.0. The number of alkyl halides is 8. The molecule has 0 spiro atoms. The van der Waals surface area contributed by atoms with Gasteiger partial charge in [0.1, 0.15) is 24.4 Å². The van der Waals surface area contributed by atoms with Crippen LogP contribution in [0.5, 0.6) is 0 Å². The molecular formula is C21H8Cl12O5S. The van der Waals surface area contributed by atoms with E-state index in [9.17, 15) is 22.9 Å². The number of carboxylic acid groups (broad SMARTS) is 1. The van der Waals surface area contributed by atoms with Crippen LogP contribution in [0.25, 0.3) is 0 Å². The maximum Gasteiger partial charge on any atom is 0.337 e. The smallest absolute Gasteiger partial charge is 0.337 e. The summed E-state index contributed by atoms with van der Waals surface area (Å²) in [5.41, 5.74) is -0.688. The lowest BCUT2D eigenvalue weighted by molar-refractivity contribution is 0.0691. The second-order valence-electron chi connectivity index (χ2n) is 10.0. The topological polar surface area (TPSA) is 91.7 Å². The first-order chi connectivity index (χ1) is 17.5. The number of carboxylic acids is 1. The Bertz CT molecular complexity index is 1620. The summed E-state index contributed by atoms with van der Waals surface area (Å²) in [6.45, 7) is 0. The Labute approximate surface area is 281 Å². The highest BCUT2D eigenvalue weighted by molar-refractivity contribution is 7.86. The molecular weight excluding hydrogens is 790 g/mol. The van der Waals surface area contributed by atoms with Gasteiger partial charge in [-0.3, -0.25) is 4.55 Å². The van der Waals surface area contributed by atoms with Crippen molar-refractivity contribution in [3.05, 3.63) is 49.0 Å². The molecule has 18 heteroatoms. The molecule has 0 heterocycles. The predicted octanol–water partition coefficient (Wildman–Crippen LogP) is 8.74. The van der Waals surface area contributed by atoms with E-state index in [-0.39, 0.29) is 31.3 Å². The summed E-state index contributed by atoms with van der Waals surface area (Å²) in [6, 6.07) is 1.92. The molecule has 0 aromatic heterocycles. The van der Waals surface area contributed by atoms with Crippen LogP contribution >= 0.6 is 139 Å². The van der Waals surface area contributed by atoms with Crippen molar-refractivity contribution in [3.63, 3.8) is 0 Å². The van der Waals surface area contributed by atoms with Crippen molar-refractivity contribution in [2.45, 2.75) is 44.9 Å². The zero-order chi connectivity index (χ0) is 29.4. The van der Waals surface area contributed by atoms with Gasteiger partial charge in [-0.15, -0.1) is 46.4 Å². The molecule has 0 unspecified atom stereocenters. The minimum absolute atomic E-state index is 0.0296. The molecule has 1 aromatic rings. The van der Waals surface area contributed by atoms with Gasteiger partial charge in [0.2, 0.25) is 0 Å². The van der Waals surface area contributed by atoms with Crippen LogP contribution in [-0.2, 0) is 10.1 Å². The highest BCUT2D eigenvalue weighted by Crippen LogP contribution is 2.88. The fourth-order valence-corrected chi connectivity index (χ4v) is 14.1. The Morgan fingerprint density at radius 3 is 1.33 bits per heavy atom. The van der Waals surface area contributed by atoms with E-state index in [0.29, 0.717) is 0 Å². The van der Waals surface area contributed by atoms with Crippen LogP contribution in [0.1, 0.15) is 33.3 Å². The van der Waals surface area contributed by atoms with Crippen molar-refractivity contribution >= 4 is 155 Å². The SMILES string of the molecule is O=C(O)c1cc2c(cc1S(=O)(=O)O)[C@@H]1[C@H]([C@H]3[C@@H]2[C@@]2(Cl)C(Cl)=C(Cl)[C@@]3(Cl)C2(Cl)Cl)[C@@]2(Cl)C(Cl)=C(Cl)[C@@]1(Cl)C2(Cl)Cl. The van der Waals surface area contributed by atoms with E-state index in [1.165, 1.54) is 0 Å². The lowest BCUT2D eigenvalue weighted by atomic mass is 9.57. The molecule has 212 valence electrons. The zero-order valence-electron chi connectivity index (χ0n) is 18.0. The average Bonchev–Trinajstić information content (AvgIpc) is 3.16. The number of allylic oxidation sites excluding steroid dienone is 4. The number of hydrogen-bond donors (Lipinski definition) is 2. The van der Waals surface area contributed by atoms with Crippen molar-refractivity contribution in [2.24, 2.45) is 11.8 Å². The first kappa shape index (κ1) is 30.6. The molecule has 0 saturated heterocycles. The van der Waals surface area contributed by atoms with E-state index < -0.39 is 78.4 Å². The summed E-state index contributed by atoms with van der Waals surface area (Å²) in [5.74, 6) is -6.33. The van der Waals surface area contributed by atoms with Crippen LogP contribution in [0, 0.1) is 11.8 Å².